The van der Waals surface area contributed by atoms with Gasteiger partial charge < -0.3 is 14.3 Å². The summed E-state index contributed by atoms with van der Waals surface area (Å²) in [5, 5.41) is 3.94. The predicted octanol–water partition coefficient (Wildman–Crippen LogP) is 3.40. The van der Waals surface area contributed by atoms with Crippen LogP contribution in [0.25, 0.3) is 0 Å². The maximum atomic E-state index is 13.2. The summed E-state index contributed by atoms with van der Waals surface area (Å²) in [6.45, 7) is 4.74. The minimum Gasteiger partial charge on any atom is -0.368 e. The van der Waals surface area contributed by atoms with Crippen molar-refractivity contribution in [2.75, 3.05) is 36.0 Å². The topological polar surface area (TPSA) is 49.6 Å². The van der Waals surface area contributed by atoms with Crippen LogP contribution >= 0.6 is 0 Å². The minimum atomic E-state index is -0.397. The lowest BCUT2D eigenvalue weighted by Crippen LogP contribution is -2.48. The normalized spacial score (nSPS) is 14.4. The molecule has 28 heavy (non-hydrogen) atoms. The van der Waals surface area contributed by atoms with E-state index in [-0.39, 0.29) is 5.82 Å². The van der Waals surface area contributed by atoms with Crippen molar-refractivity contribution in [2.45, 2.75) is 13.3 Å². The zero-order valence-electron chi connectivity index (χ0n) is 15.8. The zero-order valence-corrected chi connectivity index (χ0v) is 15.8. The Bertz CT molecular complexity index is 995. The average molecular weight is 379 g/mol. The van der Waals surface area contributed by atoms with Crippen LogP contribution in [0.1, 0.15) is 16.8 Å². The number of piperazine rings is 1. The quantitative estimate of drug-likeness (QED) is 0.695. The first kappa shape index (κ1) is 18.2. The molecule has 0 saturated carbocycles. The molecular formula is C22H22FN3O2. The number of hydrogen-bond donors (Lipinski definition) is 0. The van der Waals surface area contributed by atoms with Gasteiger partial charge in [0.05, 0.1) is 5.69 Å². The summed E-state index contributed by atoms with van der Waals surface area (Å²) >= 11 is 0. The smallest absolute Gasteiger partial charge is 0.368 e. The van der Waals surface area contributed by atoms with Gasteiger partial charge in [0, 0.05) is 43.9 Å². The Kier molecular flexibility index (Phi) is 5.10. The molecule has 3 aromatic rings. The van der Waals surface area contributed by atoms with Crippen LogP contribution in [0.2, 0.25) is 0 Å². The van der Waals surface area contributed by atoms with Gasteiger partial charge in [-0.25, -0.2) is 9.18 Å². The molecule has 0 unspecified atom stereocenters. The third-order valence-corrected chi connectivity index (χ3v) is 5.19. The number of hydrogen-bond acceptors (Lipinski definition) is 5. The van der Waals surface area contributed by atoms with Gasteiger partial charge in [-0.2, -0.15) is 0 Å². The molecule has 1 aliphatic heterocycles. The summed E-state index contributed by atoms with van der Waals surface area (Å²) in [7, 11) is 0. The van der Waals surface area contributed by atoms with Gasteiger partial charge >= 0.3 is 5.63 Å². The van der Waals surface area contributed by atoms with E-state index in [1.165, 1.54) is 12.1 Å². The fourth-order valence-electron chi connectivity index (χ4n) is 3.67. The first-order valence-electron chi connectivity index (χ1n) is 9.40. The van der Waals surface area contributed by atoms with E-state index in [1.54, 1.807) is 12.1 Å². The van der Waals surface area contributed by atoms with E-state index in [1.807, 2.05) is 37.3 Å². The highest BCUT2D eigenvalue weighted by Crippen LogP contribution is 2.25. The molecule has 1 aliphatic rings. The molecule has 144 valence electrons. The van der Waals surface area contributed by atoms with Gasteiger partial charge in [-0.1, -0.05) is 35.5 Å². The Morgan fingerprint density at radius 3 is 2.29 bits per heavy atom. The second-order valence-corrected chi connectivity index (χ2v) is 7.00. The molecule has 2 heterocycles. The van der Waals surface area contributed by atoms with Gasteiger partial charge in [0.2, 0.25) is 0 Å². The lowest BCUT2D eigenvalue weighted by molar-refractivity contribution is 0.360. The molecule has 0 spiro atoms. The molecule has 1 saturated heterocycles. The molecule has 0 amide bonds. The monoisotopic (exact) mass is 379 g/mol. The maximum Gasteiger partial charge on any atom is 0.382 e. The molecule has 4 rings (SSSR count). The van der Waals surface area contributed by atoms with E-state index in [0.717, 1.165) is 35.6 Å². The van der Waals surface area contributed by atoms with Crippen LogP contribution in [-0.2, 0) is 6.42 Å². The van der Waals surface area contributed by atoms with Crippen LogP contribution in [0.3, 0.4) is 0 Å². The van der Waals surface area contributed by atoms with E-state index < -0.39 is 5.63 Å². The van der Waals surface area contributed by atoms with Crippen molar-refractivity contribution in [3.05, 3.63) is 87.7 Å². The number of rotatable bonds is 4. The number of halogens is 1. The van der Waals surface area contributed by atoms with Gasteiger partial charge in [0.25, 0.3) is 0 Å². The van der Waals surface area contributed by atoms with Crippen molar-refractivity contribution in [3.63, 3.8) is 0 Å². The van der Waals surface area contributed by atoms with Crippen LogP contribution in [0, 0.1) is 12.7 Å². The van der Waals surface area contributed by atoms with Crippen molar-refractivity contribution in [1.82, 2.24) is 5.16 Å². The molecule has 0 N–H and O–H groups in total. The maximum absolute atomic E-state index is 13.2. The van der Waals surface area contributed by atoms with E-state index in [2.05, 4.69) is 15.0 Å². The number of aromatic nitrogens is 1. The van der Waals surface area contributed by atoms with E-state index in [0.29, 0.717) is 25.2 Å². The van der Waals surface area contributed by atoms with Crippen LogP contribution < -0.4 is 15.4 Å². The molecule has 1 aromatic heterocycles. The minimum absolute atomic E-state index is 0.238. The summed E-state index contributed by atoms with van der Waals surface area (Å²) in [5.74, 6) is -0.238. The standard InChI is InChI=1S/C22H22FN3O2/c1-16-20(15-17-5-3-2-4-6-17)21(22(27)28-24-16)26-13-11-25(12-14-26)19-9-7-18(23)8-10-19/h2-10H,11-15H2,1H3. The second-order valence-electron chi connectivity index (χ2n) is 7.00. The van der Waals surface area contributed by atoms with Crippen molar-refractivity contribution in [2.24, 2.45) is 0 Å². The SMILES string of the molecule is Cc1noc(=O)c(N2CCN(c3ccc(F)cc3)CC2)c1Cc1ccccc1. The number of nitrogens with zero attached hydrogens (tertiary/aromatic N) is 3. The largest absolute Gasteiger partial charge is 0.382 e. The summed E-state index contributed by atoms with van der Waals surface area (Å²) in [6.07, 6.45) is 0.638. The number of aryl methyl sites for hydroxylation is 1. The van der Waals surface area contributed by atoms with Crippen molar-refractivity contribution in [1.29, 1.82) is 0 Å². The predicted molar refractivity (Wildman–Crippen MR) is 108 cm³/mol. The highest BCUT2D eigenvalue weighted by Gasteiger charge is 2.24. The summed E-state index contributed by atoms with van der Waals surface area (Å²) in [4.78, 5) is 16.8. The Balaban J connectivity index is 1.57. The van der Waals surface area contributed by atoms with Crippen LogP contribution in [-0.4, -0.2) is 31.3 Å². The molecule has 0 bridgehead atoms. The van der Waals surface area contributed by atoms with E-state index in [9.17, 15) is 9.18 Å². The van der Waals surface area contributed by atoms with E-state index in [4.69, 9.17) is 4.52 Å². The first-order valence-corrected chi connectivity index (χ1v) is 9.40. The van der Waals surface area contributed by atoms with Crippen LogP contribution in [0.15, 0.2) is 63.9 Å². The van der Waals surface area contributed by atoms with Gasteiger partial charge in [-0.3, -0.25) is 0 Å². The fourth-order valence-corrected chi connectivity index (χ4v) is 3.67. The highest BCUT2D eigenvalue weighted by atomic mass is 19.1. The molecule has 6 heteroatoms. The Morgan fingerprint density at radius 1 is 0.964 bits per heavy atom. The summed E-state index contributed by atoms with van der Waals surface area (Å²) in [6, 6.07) is 16.6. The lowest BCUT2D eigenvalue weighted by atomic mass is 10.0. The summed E-state index contributed by atoms with van der Waals surface area (Å²) < 4.78 is 18.2. The fraction of sp³-hybridized carbons (Fsp3) is 0.273. The van der Waals surface area contributed by atoms with Gasteiger partial charge in [0.1, 0.15) is 11.5 Å². The van der Waals surface area contributed by atoms with E-state index >= 15 is 0 Å². The zero-order chi connectivity index (χ0) is 19.5. The molecule has 2 aromatic carbocycles. The van der Waals surface area contributed by atoms with Crippen molar-refractivity contribution in [3.8, 4) is 0 Å². The van der Waals surface area contributed by atoms with Gasteiger partial charge in [0.15, 0.2) is 0 Å². The molecule has 1 fully saturated rings. The molecular weight excluding hydrogens is 357 g/mol. The van der Waals surface area contributed by atoms with Crippen molar-refractivity contribution >= 4 is 11.4 Å². The Hall–Kier alpha value is -3.15. The number of benzene rings is 2. The highest BCUT2D eigenvalue weighted by molar-refractivity contribution is 5.56. The average Bonchev–Trinajstić information content (AvgIpc) is 2.73. The van der Waals surface area contributed by atoms with Crippen molar-refractivity contribution < 1.29 is 8.91 Å². The summed E-state index contributed by atoms with van der Waals surface area (Å²) in [5.41, 5.74) is 3.98. The number of anilines is 2. The first-order chi connectivity index (χ1) is 13.6. The van der Waals surface area contributed by atoms with Gasteiger partial charge in [-0.15, -0.1) is 0 Å². The lowest BCUT2D eigenvalue weighted by Gasteiger charge is -2.37. The Labute approximate surface area is 163 Å². The molecule has 5 nitrogen and oxygen atoms in total. The third kappa shape index (κ3) is 3.76. The third-order valence-electron chi connectivity index (χ3n) is 5.19. The molecule has 0 atom stereocenters. The van der Waals surface area contributed by atoms with Crippen LogP contribution in [0.5, 0.6) is 0 Å². The molecule has 0 aliphatic carbocycles. The van der Waals surface area contributed by atoms with Crippen LogP contribution in [0.4, 0.5) is 15.8 Å². The second kappa shape index (κ2) is 7.84. The molecule has 0 radical (unpaired) electrons. The Morgan fingerprint density at radius 2 is 1.61 bits per heavy atom. The van der Waals surface area contributed by atoms with Gasteiger partial charge in [-0.05, 0) is 36.8 Å².